The summed E-state index contributed by atoms with van der Waals surface area (Å²) in [5.74, 6) is 0.937. The molecule has 1 aromatic rings. The molecule has 2 aliphatic rings. The summed E-state index contributed by atoms with van der Waals surface area (Å²) in [4.78, 5) is 34.5. The van der Waals surface area contributed by atoms with Gasteiger partial charge >= 0.3 is 0 Å². The summed E-state index contributed by atoms with van der Waals surface area (Å²) in [6.45, 7) is 5.48. The van der Waals surface area contributed by atoms with Crippen molar-refractivity contribution in [2.75, 3.05) is 57.3 Å². The summed E-state index contributed by atoms with van der Waals surface area (Å²) >= 11 is 0. The first-order chi connectivity index (χ1) is 11.7. The lowest BCUT2D eigenvalue weighted by Gasteiger charge is -2.34. The number of rotatable bonds is 5. The van der Waals surface area contributed by atoms with Gasteiger partial charge in [0, 0.05) is 45.5 Å². The van der Waals surface area contributed by atoms with E-state index in [-0.39, 0.29) is 18.4 Å². The Kier molecular flexibility index (Phi) is 5.63. The van der Waals surface area contributed by atoms with Gasteiger partial charge in [0.15, 0.2) is 0 Å². The van der Waals surface area contributed by atoms with Crippen LogP contribution in [0.15, 0.2) is 24.4 Å². The van der Waals surface area contributed by atoms with Crippen LogP contribution in [0.25, 0.3) is 0 Å². The molecule has 0 atom stereocenters. The smallest absolute Gasteiger partial charge is 0.241 e. The highest BCUT2D eigenvalue weighted by Crippen LogP contribution is 2.12. The van der Waals surface area contributed by atoms with E-state index in [1.54, 1.807) is 6.20 Å². The predicted octanol–water partition coefficient (Wildman–Crippen LogP) is -0.0578. The molecule has 0 unspecified atom stereocenters. The van der Waals surface area contributed by atoms with Gasteiger partial charge in [-0.1, -0.05) is 6.07 Å². The molecule has 2 amide bonds. The maximum atomic E-state index is 12.0. The monoisotopic (exact) mass is 331 g/mol. The number of nitrogens with zero attached hydrogens (tertiary/aromatic N) is 4. The fraction of sp³-hybridized carbons (Fsp3) is 0.588. The van der Waals surface area contributed by atoms with Crippen LogP contribution < -0.4 is 10.2 Å². The normalized spacial score (nSPS) is 18.7. The summed E-state index contributed by atoms with van der Waals surface area (Å²) in [5.41, 5.74) is 0. The van der Waals surface area contributed by atoms with Crippen LogP contribution in [0.2, 0.25) is 0 Å². The van der Waals surface area contributed by atoms with Crippen molar-refractivity contribution in [3.05, 3.63) is 24.4 Å². The van der Waals surface area contributed by atoms with Crippen LogP contribution in [0, 0.1) is 0 Å². The Bertz CT molecular complexity index is 551. The number of pyridine rings is 1. The summed E-state index contributed by atoms with van der Waals surface area (Å²) in [6, 6.07) is 5.90. The van der Waals surface area contributed by atoms with Gasteiger partial charge in [-0.25, -0.2) is 4.98 Å². The average molecular weight is 331 g/mol. The molecule has 2 aliphatic heterocycles. The van der Waals surface area contributed by atoms with E-state index in [9.17, 15) is 9.59 Å². The zero-order valence-corrected chi connectivity index (χ0v) is 14.0. The minimum absolute atomic E-state index is 0.0285. The van der Waals surface area contributed by atoms with Crippen LogP contribution in [-0.4, -0.2) is 79.0 Å². The Labute approximate surface area is 142 Å². The second-order valence-corrected chi connectivity index (χ2v) is 6.32. The molecule has 7 heteroatoms. The van der Waals surface area contributed by atoms with Crippen molar-refractivity contribution in [1.29, 1.82) is 0 Å². The number of amides is 2. The third kappa shape index (κ3) is 4.44. The zero-order valence-electron chi connectivity index (χ0n) is 14.0. The molecule has 3 heterocycles. The standard InChI is InChI=1S/C17H25N5O2/c23-16(19-13-17(24)22-7-3-4-8-22)14-20-9-11-21(12-10-20)15-5-1-2-6-18-15/h1-2,5-6H,3-4,7-14H2,(H,19,23). The number of anilines is 1. The Balaban J connectivity index is 1.36. The number of likely N-dealkylation sites (tertiary alicyclic amines) is 1. The molecular formula is C17H25N5O2. The highest BCUT2D eigenvalue weighted by molar-refractivity contribution is 5.85. The Morgan fingerprint density at radius 1 is 1.04 bits per heavy atom. The van der Waals surface area contributed by atoms with Gasteiger partial charge in [-0.05, 0) is 25.0 Å². The number of hydrogen-bond donors (Lipinski definition) is 1. The number of piperazine rings is 1. The highest BCUT2D eigenvalue weighted by atomic mass is 16.2. The molecule has 2 fully saturated rings. The van der Waals surface area contributed by atoms with Crippen molar-refractivity contribution in [3.63, 3.8) is 0 Å². The Morgan fingerprint density at radius 3 is 2.46 bits per heavy atom. The first-order valence-corrected chi connectivity index (χ1v) is 8.65. The Morgan fingerprint density at radius 2 is 1.79 bits per heavy atom. The topological polar surface area (TPSA) is 68.8 Å². The third-order valence-corrected chi connectivity index (χ3v) is 4.61. The fourth-order valence-corrected chi connectivity index (χ4v) is 3.19. The Hall–Kier alpha value is -2.15. The number of aromatic nitrogens is 1. The number of nitrogens with one attached hydrogen (secondary N) is 1. The van der Waals surface area contributed by atoms with Crippen molar-refractivity contribution in [1.82, 2.24) is 20.1 Å². The zero-order chi connectivity index (χ0) is 16.8. The van der Waals surface area contributed by atoms with Crippen molar-refractivity contribution in [2.24, 2.45) is 0 Å². The largest absolute Gasteiger partial charge is 0.354 e. The molecular weight excluding hydrogens is 306 g/mol. The van der Waals surface area contributed by atoms with Crippen LogP contribution in [-0.2, 0) is 9.59 Å². The molecule has 0 saturated carbocycles. The highest BCUT2D eigenvalue weighted by Gasteiger charge is 2.21. The lowest BCUT2D eigenvalue weighted by Crippen LogP contribution is -2.50. The summed E-state index contributed by atoms with van der Waals surface area (Å²) in [5, 5.41) is 2.75. The van der Waals surface area contributed by atoms with Gasteiger partial charge in [0.25, 0.3) is 0 Å². The van der Waals surface area contributed by atoms with E-state index in [0.717, 1.165) is 57.9 Å². The number of carbonyl (C=O) groups excluding carboxylic acids is 2. The molecule has 0 bridgehead atoms. The third-order valence-electron chi connectivity index (χ3n) is 4.61. The van der Waals surface area contributed by atoms with Crippen LogP contribution in [0.1, 0.15) is 12.8 Å². The molecule has 1 aromatic heterocycles. The molecule has 0 radical (unpaired) electrons. The minimum atomic E-state index is -0.0752. The SMILES string of the molecule is O=C(CN1CCN(c2ccccn2)CC1)NCC(=O)N1CCCC1. The maximum Gasteiger partial charge on any atom is 0.241 e. The van der Waals surface area contributed by atoms with Gasteiger partial charge in [-0.3, -0.25) is 14.5 Å². The van der Waals surface area contributed by atoms with Crippen molar-refractivity contribution >= 4 is 17.6 Å². The first-order valence-electron chi connectivity index (χ1n) is 8.65. The molecule has 0 aliphatic carbocycles. The molecule has 130 valence electrons. The summed E-state index contributed by atoms with van der Waals surface area (Å²) in [6.07, 6.45) is 3.94. The molecule has 24 heavy (non-hydrogen) atoms. The van der Waals surface area contributed by atoms with E-state index in [1.807, 2.05) is 23.1 Å². The minimum Gasteiger partial charge on any atom is -0.354 e. The van der Waals surface area contributed by atoms with Crippen LogP contribution in [0.4, 0.5) is 5.82 Å². The lowest BCUT2D eigenvalue weighted by atomic mass is 10.3. The van der Waals surface area contributed by atoms with Crippen LogP contribution in [0.5, 0.6) is 0 Å². The molecule has 1 N–H and O–H groups in total. The second kappa shape index (κ2) is 8.10. The van der Waals surface area contributed by atoms with Gasteiger partial charge in [-0.15, -0.1) is 0 Å². The quantitative estimate of drug-likeness (QED) is 0.819. The fourth-order valence-electron chi connectivity index (χ4n) is 3.19. The average Bonchev–Trinajstić information content (AvgIpc) is 3.16. The van der Waals surface area contributed by atoms with E-state index in [0.29, 0.717) is 6.54 Å². The van der Waals surface area contributed by atoms with Crippen LogP contribution >= 0.6 is 0 Å². The number of hydrogen-bond acceptors (Lipinski definition) is 5. The van der Waals surface area contributed by atoms with Gasteiger partial charge < -0.3 is 15.1 Å². The van der Waals surface area contributed by atoms with Crippen molar-refractivity contribution in [2.45, 2.75) is 12.8 Å². The van der Waals surface area contributed by atoms with E-state index in [1.165, 1.54) is 0 Å². The van der Waals surface area contributed by atoms with Crippen molar-refractivity contribution < 1.29 is 9.59 Å². The van der Waals surface area contributed by atoms with Gasteiger partial charge in [0.2, 0.25) is 11.8 Å². The van der Waals surface area contributed by atoms with Gasteiger partial charge in [0.1, 0.15) is 5.82 Å². The van der Waals surface area contributed by atoms with E-state index in [4.69, 9.17) is 0 Å². The van der Waals surface area contributed by atoms with Gasteiger partial charge in [-0.2, -0.15) is 0 Å². The number of carbonyl (C=O) groups is 2. The predicted molar refractivity (Wildman–Crippen MR) is 91.7 cm³/mol. The maximum absolute atomic E-state index is 12.0. The first kappa shape index (κ1) is 16.7. The van der Waals surface area contributed by atoms with Gasteiger partial charge in [0.05, 0.1) is 13.1 Å². The van der Waals surface area contributed by atoms with E-state index >= 15 is 0 Å². The molecule has 2 saturated heterocycles. The van der Waals surface area contributed by atoms with Crippen molar-refractivity contribution in [3.8, 4) is 0 Å². The van der Waals surface area contributed by atoms with Crippen LogP contribution in [0.3, 0.4) is 0 Å². The second-order valence-electron chi connectivity index (χ2n) is 6.32. The summed E-state index contributed by atoms with van der Waals surface area (Å²) in [7, 11) is 0. The molecule has 7 nitrogen and oxygen atoms in total. The van der Waals surface area contributed by atoms with E-state index in [2.05, 4.69) is 20.1 Å². The molecule has 0 spiro atoms. The summed E-state index contributed by atoms with van der Waals surface area (Å²) < 4.78 is 0. The molecule has 3 rings (SSSR count). The molecule has 0 aromatic carbocycles. The lowest BCUT2D eigenvalue weighted by molar-refractivity contribution is -0.132. The van der Waals surface area contributed by atoms with E-state index < -0.39 is 0 Å².